The molecule has 0 unspecified atom stereocenters. The molecule has 6 nitrogen and oxygen atoms in total. The lowest BCUT2D eigenvalue weighted by Gasteiger charge is -2.26. The molecule has 2 fully saturated rings. The number of hydrogen-bond acceptors (Lipinski definition) is 5. The SMILES string of the molecule is O=C(O)c1nc(C2CC2)cnc1Nc1cccc(C2CCOCC2)c1CCC(F)F. The summed E-state index contributed by atoms with van der Waals surface area (Å²) in [5.74, 6) is -0.518. The molecule has 8 heteroatoms. The Morgan fingerprint density at radius 2 is 1.97 bits per heavy atom. The van der Waals surface area contributed by atoms with Crippen LogP contribution in [0.4, 0.5) is 20.3 Å². The Labute approximate surface area is 173 Å². The van der Waals surface area contributed by atoms with Crippen LogP contribution in [0.5, 0.6) is 0 Å². The molecule has 1 aromatic heterocycles. The molecule has 0 atom stereocenters. The monoisotopic (exact) mass is 417 g/mol. The number of aromatic carboxylic acids is 1. The molecule has 1 aromatic carbocycles. The van der Waals surface area contributed by atoms with E-state index in [1.165, 1.54) is 0 Å². The first-order chi connectivity index (χ1) is 14.5. The van der Waals surface area contributed by atoms with Crippen LogP contribution in [0, 0.1) is 0 Å². The average Bonchev–Trinajstić information content (AvgIpc) is 3.59. The minimum Gasteiger partial charge on any atom is -0.476 e. The van der Waals surface area contributed by atoms with Gasteiger partial charge in [-0.3, -0.25) is 0 Å². The molecule has 2 heterocycles. The Bertz CT molecular complexity index is 912. The second kappa shape index (κ2) is 9.04. The summed E-state index contributed by atoms with van der Waals surface area (Å²) in [4.78, 5) is 20.4. The molecule has 1 saturated carbocycles. The summed E-state index contributed by atoms with van der Waals surface area (Å²) in [7, 11) is 0. The molecule has 0 spiro atoms. The maximum Gasteiger partial charge on any atom is 0.358 e. The van der Waals surface area contributed by atoms with Crippen molar-refractivity contribution in [2.24, 2.45) is 0 Å². The molecule has 0 bridgehead atoms. The Morgan fingerprint density at radius 3 is 2.63 bits per heavy atom. The highest BCUT2D eigenvalue weighted by molar-refractivity contribution is 5.92. The number of carboxylic acids is 1. The maximum absolute atomic E-state index is 13.0. The Morgan fingerprint density at radius 1 is 1.20 bits per heavy atom. The largest absolute Gasteiger partial charge is 0.476 e. The molecule has 2 N–H and O–H groups in total. The highest BCUT2D eigenvalue weighted by Gasteiger charge is 2.28. The van der Waals surface area contributed by atoms with Crippen LogP contribution in [0.2, 0.25) is 0 Å². The van der Waals surface area contributed by atoms with Gasteiger partial charge in [0.15, 0.2) is 11.5 Å². The number of nitrogens with one attached hydrogen (secondary N) is 1. The zero-order chi connectivity index (χ0) is 21.1. The van der Waals surface area contributed by atoms with Gasteiger partial charge in [-0.05, 0) is 55.2 Å². The average molecular weight is 417 g/mol. The van der Waals surface area contributed by atoms with Gasteiger partial charge in [0.1, 0.15) is 0 Å². The van der Waals surface area contributed by atoms with E-state index in [0.717, 1.165) is 36.8 Å². The molecular formula is C22H25F2N3O3. The van der Waals surface area contributed by atoms with Gasteiger partial charge in [0.25, 0.3) is 0 Å². The van der Waals surface area contributed by atoms with Crippen molar-refractivity contribution < 1.29 is 23.4 Å². The molecule has 1 saturated heterocycles. The normalized spacial score (nSPS) is 17.3. The van der Waals surface area contributed by atoms with Crippen molar-refractivity contribution in [3.63, 3.8) is 0 Å². The van der Waals surface area contributed by atoms with Crippen LogP contribution in [0.25, 0.3) is 0 Å². The number of aromatic nitrogens is 2. The molecule has 2 aliphatic rings. The minimum atomic E-state index is -2.41. The van der Waals surface area contributed by atoms with E-state index in [4.69, 9.17) is 4.74 Å². The number of halogens is 2. The molecular weight excluding hydrogens is 392 g/mol. The third kappa shape index (κ3) is 4.75. The summed E-state index contributed by atoms with van der Waals surface area (Å²) in [6.45, 7) is 1.29. The van der Waals surface area contributed by atoms with Crippen LogP contribution in [0.15, 0.2) is 24.4 Å². The Hall–Kier alpha value is -2.61. The van der Waals surface area contributed by atoms with E-state index < -0.39 is 12.4 Å². The van der Waals surface area contributed by atoms with Crippen LogP contribution < -0.4 is 5.32 Å². The van der Waals surface area contributed by atoms with Gasteiger partial charge in [-0.15, -0.1) is 0 Å². The van der Waals surface area contributed by atoms with E-state index in [1.54, 1.807) is 12.3 Å². The summed E-state index contributed by atoms with van der Waals surface area (Å²) < 4.78 is 31.5. The first-order valence-corrected chi connectivity index (χ1v) is 10.4. The third-order valence-corrected chi connectivity index (χ3v) is 5.73. The fourth-order valence-corrected chi connectivity index (χ4v) is 3.99. The quantitative estimate of drug-likeness (QED) is 0.636. The summed E-state index contributed by atoms with van der Waals surface area (Å²) in [6.07, 6.45) is 2.79. The van der Waals surface area contributed by atoms with Gasteiger partial charge in [-0.25, -0.2) is 23.5 Å². The first kappa shape index (κ1) is 20.7. The molecule has 2 aromatic rings. The summed E-state index contributed by atoms with van der Waals surface area (Å²) in [5, 5.41) is 12.7. The first-order valence-electron chi connectivity index (χ1n) is 10.4. The summed E-state index contributed by atoms with van der Waals surface area (Å²) >= 11 is 0. The smallest absolute Gasteiger partial charge is 0.358 e. The van der Waals surface area contributed by atoms with Crippen LogP contribution in [0.3, 0.4) is 0 Å². The van der Waals surface area contributed by atoms with Gasteiger partial charge in [0, 0.05) is 31.2 Å². The van der Waals surface area contributed by atoms with Crippen molar-refractivity contribution in [1.29, 1.82) is 0 Å². The minimum absolute atomic E-state index is 0.134. The van der Waals surface area contributed by atoms with E-state index >= 15 is 0 Å². The van der Waals surface area contributed by atoms with E-state index in [1.807, 2.05) is 12.1 Å². The number of carboxylic acid groups (broad SMARTS) is 1. The molecule has 1 aliphatic carbocycles. The molecule has 1 aliphatic heterocycles. The van der Waals surface area contributed by atoms with E-state index in [2.05, 4.69) is 15.3 Å². The predicted octanol–water partition coefficient (Wildman–Crippen LogP) is 4.89. The maximum atomic E-state index is 13.0. The standard InChI is InChI=1S/C22H25F2N3O3/c23-19(24)7-6-16-15(13-8-10-30-11-9-13)2-1-3-17(16)27-21-20(22(28)29)26-18(12-25-21)14-4-5-14/h1-3,12-14,19H,4-11H2,(H,25,27)(H,28,29). The van der Waals surface area contributed by atoms with Gasteiger partial charge in [0.2, 0.25) is 6.43 Å². The lowest BCUT2D eigenvalue weighted by Crippen LogP contribution is -2.17. The van der Waals surface area contributed by atoms with E-state index in [-0.39, 0.29) is 36.2 Å². The van der Waals surface area contributed by atoms with Gasteiger partial charge >= 0.3 is 5.97 Å². The van der Waals surface area contributed by atoms with Gasteiger partial charge in [-0.2, -0.15) is 0 Å². The zero-order valence-electron chi connectivity index (χ0n) is 16.6. The number of anilines is 2. The van der Waals surface area contributed by atoms with Crippen LogP contribution in [-0.2, 0) is 11.2 Å². The topological polar surface area (TPSA) is 84.3 Å². The Balaban J connectivity index is 1.68. The van der Waals surface area contributed by atoms with Gasteiger partial charge < -0.3 is 15.2 Å². The number of hydrogen-bond donors (Lipinski definition) is 2. The van der Waals surface area contributed by atoms with Crippen molar-refractivity contribution >= 4 is 17.5 Å². The third-order valence-electron chi connectivity index (χ3n) is 5.73. The molecule has 30 heavy (non-hydrogen) atoms. The van der Waals surface area contributed by atoms with Crippen molar-refractivity contribution in [2.45, 2.75) is 56.8 Å². The molecule has 0 radical (unpaired) electrons. The number of benzene rings is 1. The lowest BCUT2D eigenvalue weighted by atomic mass is 9.86. The molecule has 4 rings (SSSR count). The Kier molecular flexibility index (Phi) is 6.22. The number of nitrogens with zero attached hydrogens (tertiary/aromatic N) is 2. The number of alkyl halides is 2. The summed E-state index contributed by atoms with van der Waals surface area (Å²) in [5.41, 5.74) is 2.95. The van der Waals surface area contributed by atoms with Crippen molar-refractivity contribution in [2.75, 3.05) is 18.5 Å². The number of carbonyl (C=O) groups is 1. The lowest BCUT2D eigenvalue weighted by molar-refractivity contribution is 0.0691. The van der Waals surface area contributed by atoms with E-state index in [0.29, 0.717) is 24.6 Å². The fourth-order valence-electron chi connectivity index (χ4n) is 3.99. The fraction of sp³-hybridized carbons (Fsp3) is 0.500. The second-order valence-electron chi connectivity index (χ2n) is 7.89. The van der Waals surface area contributed by atoms with Crippen molar-refractivity contribution in [3.8, 4) is 0 Å². The second-order valence-corrected chi connectivity index (χ2v) is 7.89. The number of ether oxygens (including phenoxy) is 1. The highest BCUT2D eigenvalue weighted by Crippen LogP contribution is 2.39. The summed E-state index contributed by atoms with van der Waals surface area (Å²) in [6, 6.07) is 5.62. The van der Waals surface area contributed by atoms with Crippen LogP contribution >= 0.6 is 0 Å². The van der Waals surface area contributed by atoms with E-state index in [9.17, 15) is 18.7 Å². The van der Waals surface area contributed by atoms with Crippen LogP contribution in [-0.4, -0.2) is 40.7 Å². The zero-order valence-corrected chi connectivity index (χ0v) is 16.6. The van der Waals surface area contributed by atoms with Gasteiger partial charge in [0.05, 0.1) is 11.9 Å². The van der Waals surface area contributed by atoms with Crippen molar-refractivity contribution in [1.82, 2.24) is 9.97 Å². The predicted molar refractivity (Wildman–Crippen MR) is 108 cm³/mol. The molecule has 0 amide bonds. The number of rotatable bonds is 8. The van der Waals surface area contributed by atoms with Gasteiger partial charge in [-0.1, -0.05) is 12.1 Å². The highest BCUT2D eigenvalue weighted by atomic mass is 19.3. The molecule has 160 valence electrons. The van der Waals surface area contributed by atoms with Crippen molar-refractivity contribution in [3.05, 3.63) is 46.9 Å². The van der Waals surface area contributed by atoms with Crippen LogP contribution in [0.1, 0.15) is 71.2 Å².